The Morgan fingerprint density at radius 2 is 1.13 bits per heavy atom. The van der Waals surface area contributed by atoms with Crippen molar-refractivity contribution in [1.29, 1.82) is 0 Å². The normalized spacial score (nSPS) is 30.0. The zero-order chi connectivity index (χ0) is 38.3. The van der Waals surface area contributed by atoms with Crippen LogP contribution in [-0.2, 0) is 38.0 Å². The maximum Gasteiger partial charge on any atom is 0.306 e. The molecule has 0 amide bonds. The Labute approximate surface area is 308 Å². The summed E-state index contributed by atoms with van der Waals surface area (Å²) < 4.78 is 32.4. The van der Waals surface area contributed by atoms with E-state index in [2.05, 4.69) is 19.1 Å². The van der Waals surface area contributed by atoms with Crippen LogP contribution in [0.2, 0.25) is 0 Å². The second kappa shape index (κ2) is 26.9. The number of carbonyl (C=O) groups excluding carboxylic acids is 2. The van der Waals surface area contributed by atoms with Gasteiger partial charge in [0, 0.05) is 13.3 Å². The molecule has 15 nitrogen and oxygen atoms in total. The largest absolute Gasteiger partial charge is 0.462 e. The molecular formula is C37H66O15. The third-order valence-electron chi connectivity index (χ3n) is 9.30. The van der Waals surface area contributed by atoms with E-state index >= 15 is 0 Å². The van der Waals surface area contributed by atoms with Crippen molar-refractivity contribution in [2.75, 3.05) is 26.4 Å². The predicted octanol–water partition coefficient (Wildman–Crippen LogP) is 1.92. The number of hydrogen-bond donors (Lipinski definition) is 7. The quantitative estimate of drug-likeness (QED) is 0.0361. The summed E-state index contributed by atoms with van der Waals surface area (Å²) >= 11 is 0. The lowest BCUT2D eigenvalue weighted by Crippen LogP contribution is -2.61. The number of hydrogen-bond acceptors (Lipinski definition) is 15. The number of allylic oxidation sites excluding steroid dienone is 2. The smallest absolute Gasteiger partial charge is 0.306 e. The fourth-order valence-electron chi connectivity index (χ4n) is 6.05. The lowest BCUT2D eigenvalue weighted by molar-refractivity contribution is -0.332. The summed E-state index contributed by atoms with van der Waals surface area (Å²) in [4.78, 5) is 24.0. The summed E-state index contributed by atoms with van der Waals surface area (Å²) in [5, 5.41) is 70.9. The molecule has 15 heteroatoms. The maximum atomic E-state index is 12.6. The van der Waals surface area contributed by atoms with E-state index in [0.29, 0.717) is 6.42 Å². The first-order chi connectivity index (χ1) is 25.0. The number of ether oxygens (including phenoxy) is 6. The zero-order valence-corrected chi connectivity index (χ0v) is 31.0. The topological polar surface area (TPSA) is 231 Å². The van der Waals surface area contributed by atoms with Crippen molar-refractivity contribution in [1.82, 2.24) is 0 Å². The van der Waals surface area contributed by atoms with Gasteiger partial charge in [0.15, 0.2) is 18.7 Å². The molecule has 0 aromatic heterocycles. The molecule has 2 heterocycles. The third-order valence-corrected chi connectivity index (χ3v) is 9.30. The number of aliphatic hydroxyl groups excluding tert-OH is 7. The first kappa shape index (κ1) is 46.4. The molecule has 7 N–H and O–H groups in total. The molecule has 11 unspecified atom stereocenters. The van der Waals surface area contributed by atoms with Gasteiger partial charge < -0.3 is 64.2 Å². The summed E-state index contributed by atoms with van der Waals surface area (Å²) in [5.41, 5.74) is 0. The zero-order valence-electron chi connectivity index (χ0n) is 31.0. The highest BCUT2D eigenvalue weighted by Crippen LogP contribution is 2.26. The fourth-order valence-corrected chi connectivity index (χ4v) is 6.05. The number of carbonyl (C=O) groups is 2. The molecule has 304 valence electrons. The minimum absolute atomic E-state index is 0.158. The van der Waals surface area contributed by atoms with Gasteiger partial charge >= 0.3 is 11.9 Å². The summed E-state index contributed by atoms with van der Waals surface area (Å²) in [6.07, 6.45) is 5.28. The minimum atomic E-state index is -1.76. The second-order valence-corrected chi connectivity index (χ2v) is 13.8. The van der Waals surface area contributed by atoms with E-state index in [1.807, 2.05) is 0 Å². The van der Waals surface area contributed by atoms with Gasteiger partial charge in [0.1, 0.15) is 55.4 Å². The summed E-state index contributed by atoms with van der Waals surface area (Å²) in [6, 6.07) is 0. The summed E-state index contributed by atoms with van der Waals surface area (Å²) in [5.74, 6) is -1.12. The molecule has 2 saturated heterocycles. The molecule has 0 saturated carbocycles. The molecule has 0 spiro atoms. The SMILES string of the molecule is CCCCCCCC/C=C\CCCCCCCCCC(=O)OC(COC(C)=O)COC1OC(COC2OC(CO)C(O)C(O)C2O)C(O)C(O)C1O. The minimum Gasteiger partial charge on any atom is -0.462 e. The van der Waals surface area contributed by atoms with E-state index in [9.17, 15) is 45.3 Å². The van der Waals surface area contributed by atoms with Crippen molar-refractivity contribution in [2.45, 2.75) is 184 Å². The van der Waals surface area contributed by atoms with Gasteiger partial charge in [-0.1, -0.05) is 83.3 Å². The molecule has 0 radical (unpaired) electrons. The molecule has 0 aromatic rings. The van der Waals surface area contributed by atoms with Crippen molar-refractivity contribution in [3.8, 4) is 0 Å². The van der Waals surface area contributed by atoms with Crippen LogP contribution in [0.3, 0.4) is 0 Å². The van der Waals surface area contributed by atoms with Crippen LogP contribution in [-0.4, -0.2) is 142 Å². The van der Waals surface area contributed by atoms with Crippen LogP contribution in [0.1, 0.15) is 117 Å². The van der Waals surface area contributed by atoms with Gasteiger partial charge in [-0.15, -0.1) is 0 Å². The number of esters is 2. The predicted molar refractivity (Wildman–Crippen MR) is 188 cm³/mol. The first-order valence-electron chi connectivity index (χ1n) is 19.2. The molecule has 2 fully saturated rings. The molecule has 11 atom stereocenters. The molecule has 2 rings (SSSR count). The lowest BCUT2D eigenvalue weighted by atomic mass is 9.98. The van der Waals surface area contributed by atoms with E-state index in [4.69, 9.17) is 28.4 Å². The molecule has 0 bridgehead atoms. The summed E-state index contributed by atoms with van der Waals surface area (Å²) in [6.45, 7) is 1.51. The Morgan fingerprint density at radius 3 is 1.69 bits per heavy atom. The number of aliphatic hydroxyl groups is 7. The molecule has 2 aliphatic heterocycles. The lowest BCUT2D eigenvalue weighted by Gasteiger charge is -2.42. The highest BCUT2D eigenvalue weighted by molar-refractivity contribution is 5.69. The van der Waals surface area contributed by atoms with Gasteiger partial charge in [-0.3, -0.25) is 9.59 Å². The van der Waals surface area contributed by atoms with Crippen LogP contribution in [0.15, 0.2) is 12.2 Å². The van der Waals surface area contributed by atoms with Crippen molar-refractivity contribution in [3.05, 3.63) is 12.2 Å². The highest BCUT2D eigenvalue weighted by Gasteiger charge is 2.47. The Balaban J connectivity index is 1.69. The van der Waals surface area contributed by atoms with Crippen molar-refractivity contribution >= 4 is 11.9 Å². The van der Waals surface area contributed by atoms with Gasteiger partial charge in [-0.05, 0) is 32.1 Å². The van der Waals surface area contributed by atoms with E-state index in [1.165, 1.54) is 64.7 Å². The number of unbranched alkanes of at least 4 members (excludes halogenated alkanes) is 13. The van der Waals surface area contributed by atoms with Gasteiger partial charge in [-0.2, -0.15) is 0 Å². The Kier molecular flexibility index (Phi) is 24.0. The van der Waals surface area contributed by atoms with Gasteiger partial charge in [-0.25, -0.2) is 0 Å². The monoisotopic (exact) mass is 750 g/mol. The van der Waals surface area contributed by atoms with Crippen LogP contribution in [0.25, 0.3) is 0 Å². The molecule has 0 aliphatic carbocycles. The standard InChI is InChI=1S/C37H66O15/c1-3-4-5-6-7-8-9-10-11-12-13-14-15-16-17-18-19-20-29(40)50-26(22-47-25(2)39)23-48-36-35(46)33(44)31(42)28(52-36)24-49-37-34(45)32(43)30(41)27(21-38)51-37/h10-11,26-28,30-38,41-46H,3-9,12-24H2,1-2H3/b11-10-. The van der Waals surface area contributed by atoms with Gasteiger partial charge in [0.25, 0.3) is 0 Å². The fraction of sp³-hybridized carbons (Fsp3) is 0.892. The van der Waals surface area contributed by atoms with Crippen LogP contribution in [0.5, 0.6) is 0 Å². The van der Waals surface area contributed by atoms with Crippen molar-refractivity contribution < 1.29 is 73.8 Å². The van der Waals surface area contributed by atoms with E-state index in [0.717, 1.165) is 32.1 Å². The van der Waals surface area contributed by atoms with Crippen LogP contribution < -0.4 is 0 Å². The molecule has 52 heavy (non-hydrogen) atoms. The third kappa shape index (κ3) is 17.6. The van der Waals surface area contributed by atoms with Gasteiger partial charge in [0.05, 0.1) is 19.8 Å². The maximum absolute atomic E-state index is 12.6. The van der Waals surface area contributed by atoms with E-state index in [1.54, 1.807) is 0 Å². The molecule has 0 aromatic carbocycles. The first-order valence-corrected chi connectivity index (χ1v) is 19.2. The Hall–Kier alpha value is -1.76. The average Bonchev–Trinajstić information content (AvgIpc) is 3.12. The van der Waals surface area contributed by atoms with Crippen LogP contribution in [0.4, 0.5) is 0 Å². The Bertz CT molecular complexity index is 981. The van der Waals surface area contributed by atoms with Crippen LogP contribution >= 0.6 is 0 Å². The van der Waals surface area contributed by atoms with Gasteiger partial charge in [0.2, 0.25) is 0 Å². The van der Waals surface area contributed by atoms with E-state index < -0.39 is 99.3 Å². The number of rotatable bonds is 27. The Morgan fingerprint density at radius 1 is 0.635 bits per heavy atom. The highest BCUT2D eigenvalue weighted by atomic mass is 16.7. The summed E-state index contributed by atoms with van der Waals surface area (Å²) in [7, 11) is 0. The molecule has 2 aliphatic rings. The second-order valence-electron chi connectivity index (χ2n) is 13.8. The van der Waals surface area contributed by atoms with Crippen LogP contribution in [0, 0.1) is 0 Å². The van der Waals surface area contributed by atoms with Crippen molar-refractivity contribution in [2.24, 2.45) is 0 Å². The average molecular weight is 751 g/mol. The van der Waals surface area contributed by atoms with E-state index in [-0.39, 0.29) is 13.0 Å². The van der Waals surface area contributed by atoms with Crippen molar-refractivity contribution in [3.63, 3.8) is 0 Å². The molecular weight excluding hydrogens is 684 g/mol.